The van der Waals surface area contributed by atoms with Crippen LogP contribution < -0.4 is 11.1 Å². The molecule has 0 saturated carbocycles. The molecular formula is C9H11N5O. The van der Waals surface area contributed by atoms with Crippen LogP contribution in [-0.4, -0.2) is 21.7 Å². The highest BCUT2D eigenvalue weighted by molar-refractivity contribution is 5.60. The van der Waals surface area contributed by atoms with Gasteiger partial charge in [0.1, 0.15) is 5.82 Å². The van der Waals surface area contributed by atoms with Crippen LogP contribution in [0.5, 0.6) is 0 Å². The van der Waals surface area contributed by atoms with Gasteiger partial charge in [-0.25, -0.2) is 4.98 Å². The van der Waals surface area contributed by atoms with Crippen molar-refractivity contribution in [3.63, 3.8) is 0 Å². The topological polar surface area (TPSA) is 89.9 Å². The van der Waals surface area contributed by atoms with Gasteiger partial charge in [0.15, 0.2) is 5.82 Å². The highest BCUT2D eigenvalue weighted by Gasteiger charge is 2.00. The number of nitrogens with zero attached hydrogens (tertiary/aromatic N) is 3. The van der Waals surface area contributed by atoms with Crippen molar-refractivity contribution in [3.8, 4) is 0 Å². The summed E-state index contributed by atoms with van der Waals surface area (Å²) in [6.45, 7) is 0.690. The van der Waals surface area contributed by atoms with Crippen molar-refractivity contribution < 1.29 is 4.52 Å². The first kappa shape index (κ1) is 9.45. The summed E-state index contributed by atoms with van der Waals surface area (Å²) in [5.74, 6) is 1.16. The molecule has 2 aromatic heterocycles. The summed E-state index contributed by atoms with van der Waals surface area (Å²) in [6.07, 6.45) is 3.65. The lowest BCUT2D eigenvalue weighted by Gasteiger charge is -2.05. The van der Waals surface area contributed by atoms with E-state index in [0.29, 0.717) is 24.6 Å². The normalized spacial score (nSPS) is 10.1. The maximum Gasteiger partial charge on any atom is 0.213 e. The first-order valence-electron chi connectivity index (χ1n) is 4.56. The van der Waals surface area contributed by atoms with E-state index in [-0.39, 0.29) is 0 Å². The molecule has 0 aromatic carbocycles. The Kier molecular flexibility index (Phi) is 2.77. The molecule has 2 heterocycles. The molecule has 78 valence electrons. The number of anilines is 2. The van der Waals surface area contributed by atoms with Crippen LogP contribution in [0.15, 0.2) is 29.2 Å². The number of pyridine rings is 1. The van der Waals surface area contributed by atoms with Crippen LogP contribution in [0.4, 0.5) is 11.5 Å². The number of rotatable bonds is 4. The lowest BCUT2D eigenvalue weighted by atomic mass is 10.3. The molecule has 3 N–H and O–H groups in total. The number of nitrogens with two attached hydrogens (primary N) is 1. The zero-order valence-electron chi connectivity index (χ0n) is 8.05. The Morgan fingerprint density at radius 1 is 1.40 bits per heavy atom. The highest BCUT2D eigenvalue weighted by Crippen LogP contribution is 2.12. The van der Waals surface area contributed by atoms with Crippen molar-refractivity contribution in [2.24, 2.45) is 0 Å². The van der Waals surface area contributed by atoms with E-state index in [1.807, 2.05) is 12.1 Å². The van der Waals surface area contributed by atoms with Gasteiger partial charge in [-0.1, -0.05) is 5.16 Å². The Morgan fingerprint density at radius 2 is 2.33 bits per heavy atom. The van der Waals surface area contributed by atoms with Crippen molar-refractivity contribution in [3.05, 3.63) is 30.5 Å². The van der Waals surface area contributed by atoms with E-state index in [1.165, 1.54) is 6.39 Å². The lowest BCUT2D eigenvalue weighted by molar-refractivity contribution is 0.410. The van der Waals surface area contributed by atoms with Gasteiger partial charge in [0.05, 0.1) is 5.69 Å². The van der Waals surface area contributed by atoms with E-state index in [2.05, 4.69) is 25.0 Å². The van der Waals surface area contributed by atoms with Crippen molar-refractivity contribution in [2.75, 3.05) is 17.6 Å². The minimum absolute atomic E-state index is 0.491. The summed E-state index contributed by atoms with van der Waals surface area (Å²) in [6, 6.07) is 3.70. The summed E-state index contributed by atoms with van der Waals surface area (Å²) in [5.41, 5.74) is 6.48. The van der Waals surface area contributed by atoms with Crippen LogP contribution >= 0.6 is 0 Å². The fourth-order valence-electron chi connectivity index (χ4n) is 1.18. The lowest BCUT2D eigenvalue weighted by Crippen LogP contribution is -2.08. The second kappa shape index (κ2) is 4.41. The van der Waals surface area contributed by atoms with Crippen molar-refractivity contribution >= 4 is 11.5 Å². The molecule has 0 aliphatic heterocycles. The molecule has 0 spiro atoms. The Hall–Kier alpha value is -2.11. The first-order valence-corrected chi connectivity index (χ1v) is 4.56. The third-order valence-corrected chi connectivity index (χ3v) is 1.91. The van der Waals surface area contributed by atoms with Crippen LogP contribution in [0, 0.1) is 0 Å². The minimum atomic E-state index is 0.491. The van der Waals surface area contributed by atoms with E-state index in [0.717, 1.165) is 5.69 Å². The molecule has 2 aromatic rings. The number of aromatic nitrogens is 3. The Bertz CT molecular complexity index is 414. The molecule has 6 nitrogen and oxygen atoms in total. The molecule has 0 atom stereocenters. The predicted molar refractivity (Wildman–Crippen MR) is 55.1 cm³/mol. The third kappa shape index (κ3) is 2.43. The average molecular weight is 205 g/mol. The Balaban J connectivity index is 1.86. The number of nitrogens with one attached hydrogen (secondary N) is 1. The van der Waals surface area contributed by atoms with Crippen LogP contribution in [0.25, 0.3) is 0 Å². The fourth-order valence-corrected chi connectivity index (χ4v) is 1.18. The van der Waals surface area contributed by atoms with Gasteiger partial charge >= 0.3 is 0 Å². The van der Waals surface area contributed by atoms with Gasteiger partial charge in [-0.15, -0.1) is 0 Å². The largest absolute Gasteiger partial charge is 0.382 e. The maximum absolute atomic E-state index is 5.66. The fraction of sp³-hybridized carbons (Fsp3) is 0.222. The number of hydrogen-bond acceptors (Lipinski definition) is 6. The van der Waals surface area contributed by atoms with E-state index < -0.39 is 0 Å². The van der Waals surface area contributed by atoms with Crippen LogP contribution in [0.3, 0.4) is 0 Å². The zero-order chi connectivity index (χ0) is 10.5. The molecule has 6 heteroatoms. The Morgan fingerprint density at radius 3 is 3.07 bits per heavy atom. The van der Waals surface area contributed by atoms with E-state index >= 15 is 0 Å². The minimum Gasteiger partial charge on any atom is -0.382 e. The number of nitrogen functional groups attached to an aromatic ring is 1. The maximum atomic E-state index is 5.66. The van der Waals surface area contributed by atoms with E-state index in [4.69, 9.17) is 5.73 Å². The quantitative estimate of drug-likeness (QED) is 0.763. The number of hydrogen-bond donors (Lipinski definition) is 2. The Labute approximate surface area is 86.5 Å². The van der Waals surface area contributed by atoms with Crippen LogP contribution in [-0.2, 0) is 6.42 Å². The highest BCUT2D eigenvalue weighted by atomic mass is 16.5. The van der Waals surface area contributed by atoms with E-state index in [9.17, 15) is 0 Å². The SMILES string of the molecule is Nc1ncccc1NCCc1ncon1. The predicted octanol–water partition coefficient (Wildman–Crippen LogP) is 0.701. The summed E-state index contributed by atoms with van der Waals surface area (Å²) >= 11 is 0. The van der Waals surface area contributed by atoms with Crippen LogP contribution in [0.1, 0.15) is 5.82 Å². The van der Waals surface area contributed by atoms with Gasteiger partial charge < -0.3 is 15.6 Å². The standard InChI is InChI=1S/C9H11N5O/c10-9-7(2-1-4-12-9)11-5-3-8-13-6-15-14-8/h1-2,4,6,11H,3,5H2,(H2,10,12). The average Bonchev–Trinajstić information content (AvgIpc) is 2.74. The molecule has 0 aliphatic carbocycles. The molecule has 0 saturated heterocycles. The van der Waals surface area contributed by atoms with Gasteiger partial charge in [0, 0.05) is 19.2 Å². The van der Waals surface area contributed by atoms with Gasteiger partial charge in [0.25, 0.3) is 0 Å². The molecule has 15 heavy (non-hydrogen) atoms. The first-order chi connectivity index (χ1) is 7.36. The van der Waals surface area contributed by atoms with Gasteiger partial charge in [-0.05, 0) is 12.1 Å². The second-order valence-corrected chi connectivity index (χ2v) is 2.96. The van der Waals surface area contributed by atoms with Gasteiger partial charge in [0.2, 0.25) is 6.39 Å². The van der Waals surface area contributed by atoms with Gasteiger partial charge in [-0.3, -0.25) is 0 Å². The summed E-state index contributed by atoms with van der Waals surface area (Å²) in [5, 5.41) is 6.84. The molecule has 0 radical (unpaired) electrons. The monoisotopic (exact) mass is 205 g/mol. The second-order valence-electron chi connectivity index (χ2n) is 2.96. The van der Waals surface area contributed by atoms with Gasteiger partial charge in [-0.2, -0.15) is 4.98 Å². The summed E-state index contributed by atoms with van der Waals surface area (Å²) in [4.78, 5) is 7.87. The molecule has 0 fully saturated rings. The molecule has 0 amide bonds. The smallest absolute Gasteiger partial charge is 0.213 e. The van der Waals surface area contributed by atoms with E-state index in [1.54, 1.807) is 6.20 Å². The molecule has 0 unspecified atom stereocenters. The summed E-state index contributed by atoms with van der Waals surface area (Å²) < 4.78 is 4.62. The molecule has 2 rings (SSSR count). The zero-order valence-corrected chi connectivity index (χ0v) is 8.05. The third-order valence-electron chi connectivity index (χ3n) is 1.91. The molecule has 0 bridgehead atoms. The summed E-state index contributed by atoms with van der Waals surface area (Å²) in [7, 11) is 0. The van der Waals surface area contributed by atoms with Crippen LogP contribution in [0.2, 0.25) is 0 Å². The van der Waals surface area contributed by atoms with Crippen molar-refractivity contribution in [1.82, 2.24) is 15.1 Å². The van der Waals surface area contributed by atoms with Crippen molar-refractivity contribution in [2.45, 2.75) is 6.42 Å². The molecular weight excluding hydrogens is 194 g/mol. The molecule has 0 aliphatic rings. The van der Waals surface area contributed by atoms with Crippen molar-refractivity contribution in [1.29, 1.82) is 0 Å².